The number of aromatic nitrogens is 3. The highest BCUT2D eigenvalue weighted by molar-refractivity contribution is 7.17. The Bertz CT molecular complexity index is 1060. The van der Waals surface area contributed by atoms with Gasteiger partial charge in [0.05, 0.1) is 23.0 Å². The Morgan fingerprint density at radius 1 is 1.30 bits per heavy atom. The van der Waals surface area contributed by atoms with Gasteiger partial charge in [0.25, 0.3) is 5.91 Å². The largest absolute Gasteiger partial charge is 0.378 e. The Morgan fingerprint density at radius 2 is 2.10 bits per heavy atom. The number of thiazole rings is 1. The van der Waals surface area contributed by atoms with Gasteiger partial charge in [-0.25, -0.2) is 15.0 Å². The van der Waals surface area contributed by atoms with Gasteiger partial charge in [-0.3, -0.25) is 4.79 Å². The summed E-state index contributed by atoms with van der Waals surface area (Å²) in [7, 11) is 1.71. The maximum Gasteiger partial charge on any atom is 0.267 e. The fourth-order valence-corrected chi connectivity index (χ4v) is 4.05. The number of amides is 1. The number of carbonyl (C=O) groups excluding carboxylic acids is 1. The summed E-state index contributed by atoms with van der Waals surface area (Å²) in [5, 5.41) is 7.09. The van der Waals surface area contributed by atoms with E-state index in [2.05, 4.69) is 30.5 Å². The van der Waals surface area contributed by atoms with Gasteiger partial charge >= 0.3 is 0 Å². The van der Waals surface area contributed by atoms with Gasteiger partial charge in [0.2, 0.25) is 0 Å². The maximum absolute atomic E-state index is 12.6. The van der Waals surface area contributed by atoms with Crippen LogP contribution in [0.25, 0.3) is 0 Å². The van der Waals surface area contributed by atoms with Crippen LogP contribution in [-0.4, -0.2) is 47.2 Å². The van der Waals surface area contributed by atoms with Gasteiger partial charge in [-0.15, -0.1) is 0 Å². The standard InChI is InChI=1S/C20H21ClN6O2S/c1-11-5-4-6-14(21)18(11)26-19(28)15-8-22-20(30-15)25-16-7-17(24-12(2)23-16)27-9-13(10-27)29-3/h4-8,13H,9-10H2,1-3H3,(H,26,28)(H,22,23,24,25). The minimum atomic E-state index is -0.262. The number of benzene rings is 1. The third-order valence-corrected chi connectivity index (χ3v) is 5.98. The molecule has 0 spiro atoms. The number of halogens is 1. The topological polar surface area (TPSA) is 92.3 Å². The van der Waals surface area contributed by atoms with Gasteiger partial charge < -0.3 is 20.3 Å². The lowest BCUT2D eigenvalue weighted by Gasteiger charge is -2.39. The highest BCUT2D eigenvalue weighted by atomic mass is 35.5. The minimum absolute atomic E-state index is 0.235. The molecule has 3 heterocycles. The van der Waals surface area contributed by atoms with E-state index in [4.69, 9.17) is 16.3 Å². The molecule has 3 aromatic rings. The first-order valence-corrected chi connectivity index (χ1v) is 10.5. The van der Waals surface area contributed by atoms with Gasteiger partial charge in [-0.05, 0) is 25.5 Å². The zero-order valence-electron chi connectivity index (χ0n) is 16.8. The molecule has 0 saturated carbocycles. The second-order valence-electron chi connectivity index (χ2n) is 6.96. The van der Waals surface area contributed by atoms with Gasteiger partial charge in [-0.1, -0.05) is 35.1 Å². The molecule has 4 rings (SSSR count). The molecule has 0 atom stereocenters. The molecule has 1 fully saturated rings. The Labute approximate surface area is 183 Å². The highest BCUT2D eigenvalue weighted by Gasteiger charge is 2.28. The van der Waals surface area contributed by atoms with Gasteiger partial charge in [0, 0.05) is 26.3 Å². The number of hydrogen-bond acceptors (Lipinski definition) is 8. The number of aryl methyl sites for hydroxylation is 2. The SMILES string of the molecule is COC1CN(c2cc(Nc3ncc(C(=O)Nc4c(C)cccc4Cl)s3)nc(C)n2)C1. The van der Waals surface area contributed by atoms with E-state index >= 15 is 0 Å². The minimum Gasteiger partial charge on any atom is -0.378 e. The highest BCUT2D eigenvalue weighted by Crippen LogP contribution is 2.29. The number of nitrogens with one attached hydrogen (secondary N) is 2. The van der Waals surface area contributed by atoms with E-state index in [9.17, 15) is 4.79 Å². The number of methoxy groups -OCH3 is 1. The normalized spacial score (nSPS) is 13.8. The molecule has 0 bridgehead atoms. The first-order chi connectivity index (χ1) is 14.4. The Morgan fingerprint density at radius 3 is 2.83 bits per heavy atom. The Kier molecular flexibility index (Phi) is 5.85. The Hall–Kier alpha value is -2.75. The molecule has 1 aliphatic heterocycles. The van der Waals surface area contributed by atoms with Crippen molar-refractivity contribution >= 4 is 51.3 Å². The van der Waals surface area contributed by atoms with Crippen molar-refractivity contribution in [2.24, 2.45) is 0 Å². The van der Waals surface area contributed by atoms with E-state index in [0.29, 0.717) is 32.4 Å². The second-order valence-corrected chi connectivity index (χ2v) is 8.40. The molecule has 1 aliphatic rings. The summed E-state index contributed by atoms with van der Waals surface area (Å²) in [4.78, 5) is 28.4. The Balaban J connectivity index is 1.46. The molecule has 10 heteroatoms. The molecule has 1 amide bonds. The third kappa shape index (κ3) is 4.38. The number of carbonyl (C=O) groups is 1. The fraction of sp³-hybridized carbons (Fsp3) is 0.300. The molecule has 30 heavy (non-hydrogen) atoms. The summed E-state index contributed by atoms with van der Waals surface area (Å²) in [6, 6.07) is 7.34. The molecule has 2 N–H and O–H groups in total. The van der Waals surface area contributed by atoms with E-state index < -0.39 is 0 Å². The van der Waals surface area contributed by atoms with E-state index in [1.165, 1.54) is 17.5 Å². The second kappa shape index (κ2) is 8.55. The van der Waals surface area contributed by atoms with Crippen molar-refractivity contribution in [3.05, 3.63) is 51.7 Å². The van der Waals surface area contributed by atoms with Gasteiger partial charge in [0.15, 0.2) is 5.13 Å². The van der Waals surface area contributed by atoms with Crippen LogP contribution in [0.2, 0.25) is 5.02 Å². The number of ether oxygens (including phenoxy) is 1. The molecule has 8 nitrogen and oxygen atoms in total. The van der Waals surface area contributed by atoms with Crippen LogP contribution in [0.4, 0.5) is 22.5 Å². The van der Waals surface area contributed by atoms with Gasteiger partial charge in [0.1, 0.15) is 22.3 Å². The molecule has 1 saturated heterocycles. The first-order valence-electron chi connectivity index (χ1n) is 9.35. The van der Waals surface area contributed by atoms with Crippen molar-refractivity contribution < 1.29 is 9.53 Å². The van der Waals surface area contributed by atoms with Crippen LogP contribution < -0.4 is 15.5 Å². The molecule has 2 aromatic heterocycles. The number of hydrogen-bond donors (Lipinski definition) is 2. The van der Waals surface area contributed by atoms with Crippen LogP contribution in [0.5, 0.6) is 0 Å². The van der Waals surface area contributed by atoms with Crippen LogP contribution in [0.15, 0.2) is 30.5 Å². The number of anilines is 4. The van der Waals surface area contributed by atoms with Gasteiger partial charge in [-0.2, -0.15) is 0 Å². The summed E-state index contributed by atoms with van der Waals surface area (Å²) in [5.41, 5.74) is 1.50. The van der Waals surface area contributed by atoms with E-state index in [-0.39, 0.29) is 12.0 Å². The summed E-state index contributed by atoms with van der Waals surface area (Å²) >= 11 is 7.44. The maximum atomic E-state index is 12.6. The summed E-state index contributed by atoms with van der Waals surface area (Å²) in [5.74, 6) is 1.85. The number of nitrogens with zero attached hydrogens (tertiary/aromatic N) is 4. The molecule has 1 aromatic carbocycles. The molecule has 0 radical (unpaired) electrons. The summed E-state index contributed by atoms with van der Waals surface area (Å²) in [6.45, 7) is 5.34. The summed E-state index contributed by atoms with van der Waals surface area (Å²) in [6.07, 6.45) is 1.76. The zero-order chi connectivity index (χ0) is 21.3. The molecular formula is C20H21ClN6O2S. The van der Waals surface area contributed by atoms with Crippen LogP contribution in [0.3, 0.4) is 0 Å². The lowest BCUT2D eigenvalue weighted by molar-refractivity contribution is 0.0783. The summed E-state index contributed by atoms with van der Waals surface area (Å²) < 4.78 is 5.32. The smallest absolute Gasteiger partial charge is 0.267 e. The molecule has 0 aliphatic carbocycles. The third-order valence-electron chi connectivity index (χ3n) is 4.75. The average Bonchev–Trinajstić information content (AvgIpc) is 3.12. The van der Waals surface area contributed by atoms with Crippen molar-refractivity contribution in [2.75, 3.05) is 35.7 Å². The van der Waals surface area contributed by atoms with Crippen LogP contribution in [-0.2, 0) is 4.74 Å². The molecule has 156 valence electrons. The van der Waals surface area contributed by atoms with Crippen molar-refractivity contribution in [2.45, 2.75) is 20.0 Å². The lowest BCUT2D eigenvalue weighted by atomic mass is 10.1. The predicted octanol–water partition coefficient (Wildman–Crippen LogP) is 4.03. The van der Waals surface area contributed by atoms with Crippen molar-refractivity contribution in [1.82, 2.24) is 15.0 Å². The quantitative estimate of drug-likeness (QED) is 0.592. The van der Waals surface area contributed by atoms with Crippen LogP contribution >= 0.6 is 22.9 Å². The van der Waals surface area contributed by atoms with Crippen molar-refractivity contribution in [3.63, 3.8) is 0 Å². The van der Waals surface area contributed by atoms with E-state index in [0.717, 1.165) is 24.5 Å². The monoisotopic (exact) mass is 444 g/mol. The lowest BCUT2D eigenvalue weighted by Crippen LogP contribution is -2.52. The van der Waals surface area contributed by atoms with Crippen molar-refractivity contribution in [1.29, 1.82) is 0 Å². The van der Waals surface area contributed by atoms with E-state index in [1.54, 1.807) is 13.2 Å². The van der Waals surface area contributed by atoms with Crippen LogP contribution in [0, 0.1) is 13.8 Å². The van der Waals surface area contributed by atoms with Crippen LogP contribution in [0.1, 0.15) is 21.1 Å². The first kappa shape index (κ1) is 20.5. The van der Waals surface area contributed by atoms with E-state index in [1.807, 2.05) is 32.0 Å². The van der Waals surface area contributed by atoms with Crippen molar-refractivity contribution in [3.8, 4) is 0 Å². The molecule has 0 unspecified atom stereocenters. The molecular weight excluding hydrogens is 424 g/mol. The zero-order valence-corrected chi connectivity index (χ0v) is 18.3. The number of rotatable bonds is 6. The fourth-order valence-electron chi connectivity index (χ4n) is 3.06. The predicted molar refractivity (Wildman–Crippen MR) is 119 cm³/mol. The average molecular weight is 445 g/mol. The number of para-hydroxylation sites is 1.